The normalized spacial score (nSPS) is 24.8. The van der Waals surface area contributed by atoms with E-state index >= 15 is 0 Å². The number of hydrogen-bond donors (Lipinski definition) is 1. The summed E-state index contributed by atoms with van der Waals surface area (Å²) in [7, 11) is 0. The highest BCUT2D eigenvalue weighted by atomic mass is 16.1. The monoisotopic (exact) mass is 341 g/mol. The van der Waals surface area contributed by atoms with E-state index in [0.29, 0.717) is 5.56 Å². The van der Waals surface area contributed by atoms with Gasteiger partial charge in [0.15, 0.2) is 5.41 Å². The van der Waals surface area contributed by atoms with Crippen LogP contribution in [-0.2, 0) is 4.79 Å². The first-order valence-corrected chi connectivity index (χ1v) is 8.20. The standard InChI is InChI=1S/C20H15N5O/c21-11-20(12-22)16(14-5-3-8-24-10-14)17(19(23)26)25-9-7-13-4-1-2-6-15(13)18(20)25/h1-10,16-18H,(H2,23,26). The van der Waals surface area contributed by atoms with Gasteiger partial charge in [-0.3, -0.25) is 9.78 Å². The smallest absolute Gasteiger partial charge is 0.240 e. The molecular formula is C20H15N5O. The maximum Gasteiger partial charge on any atom is 0.240 e. The van der Waals surface area contributed by atoms with Gasteiger partial charge >= 0.3 is 0 Å². The molecule has 0 saturated carbocycles. The van der Waals surface area contributed by atoms with Crippen LogP contribution in [0.4, 0.5) is 0 Å². The molecule has 1 amide bonds. The second kappa shape index (κ2) is 5.72. The summed E-state index contributed by atoms with van der Waals surface area (Å²) in [6, 6.07) is 14.2. The van der Waals surface area contributed by atoms with Crippen molar-refractivity contribution >= 4 is 12.0 Å². The molecule has 26 heavy (non-hydrogen) atoms. The van der Waals surface area contributed by atoms with Crippen LogP contribution in [0.3, 0.4) is 0 Å². The van der Waals surface area contributed by atoms with Crippen molar-refractivity contribution in [3.8, 4) is 12.1 Å². The minimum Gasteiger partial charge on any atom is -0.368 e. The van der Waals surface area contributed by atoms with Crippen LogP contribution < -0.4 is 5.73 Å². The Morgan fingerprint density at radius 3 is 2.62 bits per heavy atom. The molecule has 1 aromatic carbocycles. The highest BCUT2D eigenvalue weighted by molar-refractivity contribution is 5.83. The van der Waals surface area contributed by atoms with E-state index in [2.05, 4.69) is 17.1 Å². The Balaban J connectivity index is 2.01. The number of pyridine rings is 1. The number of benzene rings is 1. The molecule has 126 valence electrons. The number of fused-ring (bicyclic) bond motifs is 3. The van der Waals surface area contributed by atoms with Crippen molar-refractivity contribution in [1.82, 2.24) is 9.88 Å². The molecule has 2 aliphatic rings. The molecular weight excluding hydrogens is 326 g/mol. The molecule has 2 aromatic rings. The Morgan fingerprint density at radius 2 is 1.96 bits per heavy atom. The fourth-order valence-electron chi connectivity index (χ4n) is 4.25. The summed E-state index contributed by atoms with van der Waals surface area (Å²) in [5, 5.41) is 20.2. The highest BCUT2D eigenvalue weighted by Crippen LogP contribution is 2.59. The first-order valence-electron chi connectivity index (χ1n) is 8.20. The third-order valence-corrected chi connectivity index (χ3v) is 5.28. The zero-order valence-electron chi connectivity index (χ0n) is 13.8. The van der Waals surface area contributed by atoms with Crippen LogP contribution in [0.5, 0.6) is 0 Å². The summed E-state index contributed by atoms with van der Waals surface area (Å²) in [5.74, 6) is -1.27. The van der Waals surface area contributed by atoms with E-state index in [1.165, 1.54) is 0 Å². The molecule has 3 atom stereocenters. The van der Waals surface area contributed by atoms with Gasteiger partial charge in [-0.15, -0.1) is 0 Å². The third kappa shape index (κ3) is 1.96. The fourth-order valence-corrected chi connectivity index (χ4v) is 4.25. The molecule has 1 aromatic heterocycles. The summed E-state index contributed by atoms with van der Waals surface area (Å²) in [5.41, 5.74) is 6.69. The van der Waals surface area contributed by atoms with Crippen LogP contribution in [0.25, 0.3) is 6.08 Å². The zero-order valence-corrected chi connectivity index (χ0v) is 13.8. The SMILES string of the molecule is N#CC1(C#N)C(c2cccnc2)C(C(N)=O)N2C=Cc3ccccc3C21. The van der Waals surface area contributed by atoms with Crippen LogP contribution in [0.2, 0.25) is 0 Å². The van der Waals surface area contributed by atoms with Crippen molar-refractivity contribution in [2.24, 2.45) is 11.1 Å². The van der Waals surface area contributed by atoms with Crippen LogP contribution in [0, 0.1) is 28.1 Å². The molecule has 6 heteroatoms. The number of nitrogens with two attached hydrogens (primary N) is 1. The van der Waals surface area contributed by atoms with Crippen molar-refractivity contribution in [3.05, 3.63) is 71.7 Å². The summed E-state index contributed by atoms with van der Waals surface area (Å²) in [6.45, 7) is 0. The van der Waals surface area contributed by atoms with Gasteiger partial charge in [-0.2, -0.15) is 10.5 Å². The van der Waals surface area contributed by atoms with Crippen molar-refractivity contribution in [2.75, 3.05) is 0 Å². The van der Waals surface area contributed by atoms with Gasteiger partial charge < -0.3 is 10.6 Å². The number of amides is 1. The lowest BCUT2D eigenvalue weighted by Crippen LogP contribution is -2.41. The predicted octanol–water partition coefficient (Wildman–Crippen LogP) is 2.09. The lowest BCUT2D eigenvalue weighted by atomic mass is 9.68. The summed E-state index contributed by atoms with van der Waals surface area (Å²) in [6.07, 6.45) is 6.86. The van der Waals surface area contributed by atoms with Crippen LogP contribution >= 0.6 is 0 Å². The number of aromatic nitrogens is 1. The van der Waals surface area contributed by atoms with E-state index in [-0.39, 0.29) is 0 Å². The van der Waals surface area contributed by atoms with Crippen LogP contribution in [0.15, 0.2) is 55.0 Å². The molecule has 3 unspecified atom stereocenters. The Labute approximate surface area is 150 Å². The minimum absolute atomic E-state index is 0.569. The molecule has 1 saturated heterocycles. The maximum absolute atomic E-state index is 12.4. The van der Waals surface area contributed by atoms with Gasteiger partial charge in [0, 0.05) is 24.5 Å². The predicted molar refractivity (Wildman–Crippen MR) is 93.7 cm³/mol. The van der Waals surface area contributed by atoms with Gasteiger partial charge in [-0.25, -0.2) is 0 Å². The average Bonchev–Trinajstić information content (AvgIpc) is 3.00. The molecule has 0 radical (unpaired) electrons. The number of nitrogens with zero attached hydrogens (tertiary/aromatic N) is 4. The van der Waals surface area contributed by atoms with Crippen LogP contribution in [0.1, 0.15) is 28.7 Å². The molecule has 0 bridgehead atoms. The van der Waals surface area contributed by atoms with Crippen molar-refractivity contribution in [1.29, 1.82) is 10.5 Å². The van der Waals surface area contributed by atoms with E-state index in [1.807, 2.05) is 30.3 Å². The van der Waals surface area contributed by atoms with E-state index in [1.54, 1.807) is 35.6 Å². The molecule has 0 spiro atoms. The second-order valence-electron chi connectivity index (χ2n) is 6.50. The third-order valence-electron chi connectivity index (χ3n) is 5.28. The Morgan fingerprint density at radius 1 is 1.19 bits per heavy atom. The van der Waals surface area contributed by atoms with E-state index < -0.39 is 29.3 Å². The lowest BCUT2D eigenvalue weighted by Gasteiger charge is -2.34. The van der Waals surface area contributed by atoms with Crippen LogP contribution in [-0.4, -0.2) is 21.8 Å². The number of hydrogen-bond acceptors (Lipinski definition) is 5. The van der Waals surface area contributed by atoms with E-state index in [4.69, 9.17) is 5.73 Å². The number of rotatable bonds is 2. The summed E-state index contributed by atoms with van der Waals surface area (Å²) >= 11 is 0. The van der Waals surface area contributed by atoms with Gasteiger partial charge in [0.25, 0.3) is 0 Å². The zero-order chi connectivity index (χ0) is 18.3. The quantitative estimate of drug-likeness (QED) is 0.900. The lowest BCUT2D eigenvalue weighted by molar-refractivity contribution is -0.122. The van der Waals surface area contributed by atoms with Crippen molar-refractivity contribution < 1.29 is 4.79 Å². The maximum atomic E-state index is 12.4. The number of nitriles is 2. The fraction of sp³-hybridized carbons (Fsp3) is 0.200. The Kier molecular flexibility index (Phi) is 3.49. The largest absolute Gasteiger partial charge is 0.368 e. The summed E-state index contributed by atoms with van der Waals surface area (Å²) < 4.78 is 0. The Bertz CT molecular complexity index is 971. The molecule has 2 aliphatic heterocycles. The number of carbonyl (C=O) groups excluding carboxylic acids is 1. The van der Waals surface area contributed by atoms with Crippen molar-refractivity contribution in [3.63, 3.8) is 0 Å². The molecule has 4 rings (SSSR count). The van der Waals surface area contributed by atoms with E-state index in [0.717, 1.165) is 11.1 Å². The second-order valence-corrected chi connectivity index (χ2v) is 6.50. The van der Waals surface area contributed by atoms with Gasteiger partial charge in [-0.1, -0.05) is 30.3 Å². The van der Waals surface area contributed by atoms with Gasteiger partial charge in [0.05, 0.1) is 18.2 Å². The molecule has 6 nitrogen and oxygen atoms in total. The first kappa shape index (κ1) is 15.9. The minimum atomic E-state index is -1.47. The molecule has 2 N–H and O–H groups in total. The van der Waals surface area contributed by atoms with E-state index in [9.17, 15) is 15.3 Å². The average molecular weight is 341 g/mol. The number of primary amides is 1. The van der Waals surface area contributed by atoms with Gasteiger partial charge in [-0.05, 0) is 28.8 Å². The molecule has 0 aliphatic carbocycles. The summed E-state index contributed by atoms with van der Waals surface area (Å²) in [4.78, 5) is 18.2. The number of carbonyl (C=O) groups is 1. The Hall–Kier alpha value is -3.64. The molecule has 1 fully saturated rings. The highest BCUT2D eigenvalue weighted by Gasteiger charge is 2.63. The van der Waals surface area contributed by atoms with Gasteiger partial charge in [0.2, 0.25) is 5.91 Å². The first-order chi connectivity index (χ1) is 12.6. The van der Waals surface area contributed by atoms with Gasteiger partial charge in [0.1, 0.15) is 6.04 Å². The topological polar surface area (TPSA) is 107 Å². The van der Waals surface area contributed by atoms with Crippen molar-refractivity contribution in [2.45, 2.75) is 18.0 Å². The molecule has 3 heterocycles.